The van der Waals surface area contributed by atoms with Crippen molar-refractivity contribution in [3.63, 3.8) is 0 Å². The maximum atomic E-state index is 10.2. The van der Waals surface area contributed by atoms with E-state index in [-0.39, 0.29) is 0 Å². The minimum Gasteiger partial charge on any atom is -0.494 e. The highest BCUT2D eigenvalue weighted by molar-refractivity contribution is 5.45. The summed E-state index contributed by atoms with van der Waals surface area (Å²) in [6.07, 6.45) is 3.19. The van der Waals surface area contributed by atoms with E-state index in [2.05, 4.69) is 4.98 Å². The maximum Gasteiger partial charge on any atom is 0.119 e. The average Bonchev–Trinajstić information content (AvgIpc) is 2.42. The summed E-state index contributed by atoms with van der Waals surface area (Å²) in [4.78, 5) is 4.02. The molecule has 0 aliphatic rings. The molecule has 1 aromatic carbocycles. The second-order valence-electron chi connectivity index (χ2n) is 4.30. The number of rotatable bonds is 5. The van der Waals surface area contributed by atoms with Crippen molar-refractivity contribution < 1.29 is 9.84 Å². The predicted molar refractivity (Wildman–Crippen MR) is 74.9 cm³/mol. The number of anilines is 1. The summed E-state index contributed by atoms with van der Waals surface area (Å²) in [6, 6.07) is 9.17. The van der Waals surface area contributed by atoms with Crippen molar-refractivity contribution in [1.82, 2.24) is 4.98 Å². The van der Waals surface area contributed by atoms with Crippen molar-refractivity contribution in [2.75, 3.05) is 12.3 Å². The lowest BCUT2D eigenvalue weighted by Crippen LogP contribution is -2.04. The van der Waals surface area contributed by atoms with Crippen LogP contribution in [-0.4, -0.2) is 16.7 Å². The van der Waals surface area contributed by atoms with E-state index in [1.807, 2.05) is 31.2 Å². The van der Waals surface area contributed by atoms with Crippen molar-refractivity contribution in [1.29, 1.82) is 0 Å². The van der Waals surface area contributed by atoms with Crippen molar-refractivity contribution in [3.8, 4) is 5.75 Å². The van der Waals surface area contributed by atoms with Crippen LogP contribution in [0.1, 0.15) is 24.2 Å². The van der Waals surface area contributed by atoms with E-state index in [0.717, 1.165) is 16.9 Å². The fraction of sp³-hybridized carbons (Fsp3) is 0.267. The molecule has 4 nitrogen and oxygen atoms in total. The Balaban J connectivity index is 2.07. The van der Waals surface area contributed by atoms with Crippen LogP contribution in [0.2, 0.25) is 0 Å². The third-order valence-electron chi connectivity index (χ3n) is 2.93. The van der Waals surface area contributed by atoms with E-state index in [9.17, 15) is 5.11 Å². The van der Waals surface area contributed by atoms with E-state index < -0.39 is 6.10 Å². The molecular weight excluding hydrogens is 240 g/mol. The van der Waals surface area contributed by atoms with Crippen LogP contribution in [0.3, 0.4) is 0 Å². The van der Waals surface area contributed by atoms with E-state index in [1.165, 1.54) is 0 Å². The van der Waals surface area contributed by atoms with Crippen molar-refractivity contribution in [2.45, 2.75) is 19.4 Å². The molecule has 0 bridgehead atoms. The third-order valence-corrected chi connectivity index (χ3v) is 2.93. The molecular formula is C15H18N2O2. The van der Waals surface area contributed by atoms with Gasteiger partial charge in [0.15, 0.2) is 0 Å². The second-order valence-corrected chi connectivity index (χ2v) is 4.30. The zero-order valence-electron chi connectivity index (χ0n) is 10.9. The Labute approximate surface area is 112 Å². The largest absolute Gasteiger partial charge is 0.494 e. The lowest BCUT2D eigenvalue weighted by atomic mass is 10.0. The Kier molecular flexibility index (Phi) is 4.36. The van der Waals surface area contributed by atoms with Crippen LogP contribution in [0.5, 0.6) is 5.75 Å². The van der Waals surface area contributed by atoms with Crippen molar-refractivity contribution in [3.05, 3.63) is 53.9 Å². The SMILES string of the molecule is CCOc1ccc(C(O)Cc2cnccc2N)cc1. The van der Waals surface area contributed by atoms with Gasteiger partial charge in [-0.3, -0.25) is 4.98 Å². The van der Waals surface area contributed by atoms with Crippen LogP contribution in [0.4, 0.5) is 5.69 Å². The monoisotopic (exact) mass is 258 g/mol. The van der Waals surface area contributed by atoms with Crippen LogP contribution in [-0.2, 0) is 6.42 Å². The summed E-state index contributed by atoms with van der Waals surface area (Å²) in [5.41, 5.74) is 8.18. The molecule has 2 aromatic rings. The molecule has 0 fully saturated rings. The normalized spacial score (nSPS) is 12.1. The summed E-state index contributed by atoms with van der Waals surface area (Å²) in [5, 5.41) is 10.2. The Bertz CT molecular complexity index is 526. The number of hydrogen-bond donors (Lipinski definition) is 2. The number of pyridine rings is 1. The smallest absolute Gasteiger partial charge is 0.119 e. The minimum absolute atomic E-state index is 0.452. The number of aromatic nitrogens is 1. The molecule has 1 aromatic heterocycles. The van der Waals surface area contributed by atoms with Gasteiger partial charge in [0.1, 0.15) is 5.75 Å². The van der Waals surface area contributed by atoms with Gasteiger partial charge in [-0.2, -0.15) is 0 Å². The van der Waals surface area contributed by atoms with E-state index >= 15 is 0 Å². The number of nitrogen functional groups attached to an aromatic ring is 1. The molecule has 0 aliphatic carbocycles. The molecule has 1 heterocycles. The first-order valence-electron chi connectivity index (χ1n) is 6.30. The zero-order chi connectivity index (χ0) is 13.7. The van der Waals surface area contributed by atoms with Crippen LogP contribution in [0.25, 0.3) is 0 Å². The molecule has 100 valence electrons. The van der Waals surface area contributed by atoms with Crippen LogP contribution in [0.15, 0.2) is 42.7 Å². The summed E-state index contributed by atoms with van der Waals surface area (Å²) < 4.78 is 5.37. The average molecular weight is 258 g/mol. The summed E-state index contributed by atoms with van der Waals surface area (Å²) >= 11 is 0. The molecule has 0 amide bonds. The van der Waals surface area contributed by atoms with Crippen LogP contribution in [0, 0.1) is 0 Å². The summed E-state index contributed by atoms with van der Waals surface area (Å²) in [7, 11) is 0. The topological polar surface area (TPSA) is 68.4 Å². The lowest BCUT2D eigenvalue weighted by molar-refractivity contribution is 0.178. The molecule has 0 radical (unpaired) electrons. The molecule has 2 rings (SSSR count). The Hall–Kier alpha value is -2.07. The molecule has 0 aliphatic heterocycles. The van der Waals surface area contributed by atoms with Crippen molar-refractivity contribution in [2.24, 2.45) is 0 Å². The zero-order valence-corrected chi connectivity index (χ0v) is 10.9. The Morgan fingerprint density at radius 3 is 2.63 bits per heavy atom. The van der Waals surface area contributed by atoms with E-state index in [0.29, 0.717) is 18.7 Å². The number of hydrogen-bond acceptors (Lipinski definition) is 4. The molecule has 0 saturated carbocycles. The van der Waals surface area contributed by atoms with Crippen molar-refractivity contribution >= 4 is 5.69 Å². The predicted octanol–water partition coefficient (Wildman–Crippen LogP) is 2.34. The summed E-state index contributed by atoms with van der Waals surface area (Å²) in [5.74, 6) is 0.805. The van der Waals surface area contributed by atoms with Crippen LogP contribution < -0.4 is 10.5 Å². The standard InChI is InChI=1S/C15H18N2O2/c1-2-19-13-5-3-11(4-6-13)15(18)9-12-10-17-8-7-14(12)16/h3-8,10,15,18H,2,9H2,1H3,(H2,16,17). The number of ether oxygens (including phenoxy) is 1. The maximum absolute atomic E-state index is 10.2. The van der Waals surface area contributed by atoms with Crippen LogP contribution >= 0.6 is 0 Å². The van der Waals surface area contributed by atoms with Gasteiger partial charge in [0.05, 0.1) is 12.7 Å². The fourth-order valence-corrected chi connectivity index (χ4v) is 1.89. The quantitative estimate of drug-likeness (QED) is 0.863. The first kappa shape index (κ1) is 13.4. The number of nitrogens with two attached hydrogens (primary N) is 1. The fourth-order valence-electron chi connectivity index (χ4n) is 1.89. The molecule has 4 heteroatoms. The molecule has 0 saturated heterocycles. The molecule has 1 atom stereocenters. The number of aliphatic hydroxyl groups is 1. The van der Waals surface area contributed by atoms with E-state index in [4.69, 9.17) is 10.5 Å². The Morgan fingerprint density at radius 1 is 1.26 bits per heavy atom. The van der Waals surface area contributed by atoms with Gasteiger partial charge < -0.3 is 15.6 Å². The third kappa shape index (κ3) is 3.45. The highest BCUT2D eigenvalue weighted by Crippen LogP contribution is 2.23. The molecule has 0 spiro atoms. The van der Waals surface area contributed by atoms with Gasteiger partial charge in [-0.25, -0.2) is 0 Å². The highest BCUT2D eigenvalue weighted by atomic mass is 16.5. The van der Waals surface area contributed by atoms with E-state index in [1.54, 1.807) is 18.5 Å². The van der Waals surface area contributed by atoms with Gasteiger partial charge in [-0.1, -0.05) is 12.1 Å². The highest BCUT2D eigenvalue weighted by Gasteiger charge is 2.10. The number of aliphatic hydroxyl groups excluding tert-OH is 1. The van der Waals surface area contributed by atoms with Gasteiger partial charge in [0.25, 0.3) is 0 Å². The lowest BCUT2D eigenvalue weighted by Gasteiger charge is -2.13. The second kappa shape index (κ2) is 6.20. The molecule has 1 unspecified atom stereocenters. The number of nitrogens with zero attached hydrogens (tertiary/aromatic N) is 1. The number of benzene rings is 1. The van der Waals surface area contributed by atoms with Gasteiger partial charge in [0, 0.05) is 24.5 Å². The minimum atomic E-state index is -0.595. The summed E-state index contributed by atoms with van der Waals surface area (Å²) in [6.45, 7) is 2.57. The van der Waals surface area contributed by atoms with Gasteiger partial charge in [-0.15, -0.1) is 0 Å². The van der Waals surface area contributed by atoms with Gasteiger partial charge in [0.2, 0.25) is 0 Å². The first-order valence-corrected chi connectivity index (χ1v) is 6.30. The Morgan fingerprint density at radius 2 is 2.00 bits per heavy atom. The molecule has 19 heavy (non-hydrogen) atoms. The first-order chi connectivity index (χ1) is 9.20. The van der Waals surface area contributed by atoms with Gasteiger partial charge in [-0.05, 0) is 36.2 Å². The van der Waals surface area contributed by atoms with Gasteiger partial charge >= 0.3 is 0 Å². The molecule has 3 N–H and O–H groups in total.